The first kappa shape index (κ1) is 12.8. The Labute approximate surface area is 98.3 Å². The zero-order valence-corrected chi connectivity index (χ0v) is 10.3. The van der Waals surface area contributed by atoms with Gasteiger partial charge in [-0.1, -0.05) is 44.2 Å². The number of hydrogen-bond acceptors (Lipinski definition) is 2. The van der Waals surface area contributed by atoms with Crippen molar-refractivity contribution in [3.63, 3.8) is 0 Å². The van der Waals surface area contributed by atoms with Crippen molar-refractivity contribution in [2.45, 2.75) is 32.9 Å². The standard InChI is InChI=1S/C14H21NO/c1-4-5-12(2)15-10-13-6-8-14(9-7-13)11-16-3/h6-9,15H,2,4-5,10-11H2,1,3H3. The Balaban J connectivity index is 2.40. The van der Waals surface area contributed by atoms with Gasteiger partial charge in [0.05, 0.1) is 6.61 Å². The van der Waals surface area contributed by atoms with Crippen LogP contribution in [0.1, 0.15) is 30.9 Å². The summed E-state index contributed by atoms with van der Waals surface area (Å²) >= 11 is 0. The van der Waals surface area contributed by atoms with Crippen molar-refractivity contribution >= 4 is 0 Å². The zero-order valence-electron chi connectivity index (χ0n) is 10.3. The van der Waals surface area contributed by atoms with E-state index in [0.717, 1.165) is 25.1 Å². The first-order valence-electron chi connectivity index (χ1n) is 5.74. The van der Waals surface area contributed by atoms with Crippen LogP contribution < -0.4 is 5.32 Å². The van der Waals surface area contributed by atoms with Gasteiger partial charge in [0.1, 0.15) is 0 Å². The van der Waals surface area contributed by atoms with Crippen LogP contribution >= 0.6 is 0 Å². The second-order valence-electron chi connectivity index (χ2n) is 3.96. The normalized spacial score (nSPS) is 10.1. The molecule has 0 aliphatic heterocycles. The lowest BCUT2D eigenvalue weighted by molar-refractivity contribution is 0.185. The van der Waals surface area contributed by atoms with Crippen LogP contribution in [0, 0.1) is 0 Å². The minimum atomic E-state index is 0.677. The molecule has 16 heavy (non-hydrogen) atoms. The second kappa shape index (κ2) is 7.07. The molecule has 0 fully saturated rings. The molecule has 0 saturated carbocycles. The summed E-state index contributed by atoms with van der Waals surface area (Å²) in [7, 11) is 1.71. The van der Waals surface area contributed by atoms with Crippen LogP contribution in [0.5, 0.6) is 0 Å². The lowest BCUT2D eigenvalue weighted by atomic mass is 10.1. The van der Waals surface area contributed by atoms with Crippen molar-refractivity contribution in [2.24, 2.45) is 0 Å². The summed E-state index contributed by atoms with van der Waals surface area (Å²) in [5, 5.41) is 3.33. The van der Waals surface area contributed by atoms with Gasteiger partial charge in [-0.2, -0.15) is 0 Å². The van der Waals surface area contributed by atoms with E-state index in [2.05, 4.69) is 43.1 Å². The SMILES string of the molecule is C=C(CCC)NCc1ccc(COC)cc1. The minimum Gasteiger partial charge on any atom is -0.385 e. The van der Waals surface area contributed by atoms with E-state index in [9.17, 15) is 0 Å². The van der Waals surface area contributed by atoms with Crippen LogP contribution in [0.2, 0.25) is 0 Å². The molecule has 0 saturated heterocycles. The number of hydrogen-bond donors (Lipinski definition) is 1. The van der Waals surface area contributed by atoms with E-state index >= 15 is 0 Å². The van der Waals surface area contributed by atoms with Gasteiger partial charge < -0.3 is 10.1 Å². The molecule has 1 rings (SSSR count). The van der Waals surface area contributed by atoms with Gasteiger partial charge in [0.15, 0.2) is 0 Å². The van der Waals surface area contributed by atoms with E-state index in [-0.39, 0.29) is 0 Å². The third kappa shape index (κ3) is 4.49. The maximum absolute atomic E-state index is 5.07. The van der Waals surface area contributed by atoms with Gasteiger partial charge in [-0.15, -0.1) is 0 Å². The maximum Gasteiger partial charge on any atom is 0.0713 e. The number of benzene rings is 1. The summed E-state index contributed by atoms with van der Waals surface area (Å²) in [4.78, 5) is 0. The highest BCUT2D eigenvalue weighted by Gasteiger charge is 1.95. The molecule has 2 heteroatoms. The summed E-state index contributed by atoms with van der Waals surface area (Å²) in [6.07, 6.45) is 2.18. The molecule has 0 bridgehead atoms. The molecular weight excluding hydrogens is 198 g/mol. The summed E-state index contributed by atoms with van der Waals surface area (Å²) in [5.74, 6) is 0. The van der Waals surface area contributed by atoms with Crippen molar-refractivity contribution in [2.75, 3.05) is 7.11 Å². The monoisotopic (exact) mass is 219 g/mol. The van der Waals surface area contributed by atoms with Crippen molar-refractivity contribution < 1.29 is 4.74 Å². The fraction of sp³-hybridized carbons (Fsp3) is 0.429. The Morgan fingerprint density at radius 3 is 2.44 bits per heavy atom. The zero-order chi connectivity index (χ0) is 11.8. The van der Waals surface area contributed by atoms with E-state index in [1.807, 2.05) is 0 Å². The maximum atomic E-state index is 5.07. The van der Waals surface area contributed by atoms with Crippen molar-refractivity contribution in [1.29, 1.82) is 0 Å². The summed E-state index contributed by atoms with van der Waals surface area (Å²) in [6.45, 7) is 7.66. The average Bonchev–Trinajstić information content (AvgIpc) is 2.29. The van der Waals surface area contributed by atoms with Crippen LogP contribution in [0.3, 0.4) is 0 Å². The van der Waals surface area contributed by atoms with E-state index in [1.54, 1.807) is 7.11 Å². The molecule has 0 aliphatic carbocycles. The predicted molar refractivity (Wildman–Crippen MR) is 68.0 cm³/mol. The molecule has 0 heterocycles. The highest BCUT2D eigenvalue weighted by Crippen LogP contribution is 2.06. The second-order valence-corrected chi connectivity index (χ2v) is 3.96. The van der Waals surface area contributed by atoms with Crippen molar-refractivity contribution in [3.8, 4) is 0 Å². The number of ether oxygens (including phenoxy) is 1. The largest absolute Gasteiger partial charge is 0.385 e. The number of nitrogens with one attached hydrogen (secondary N) is 1. The van der Waals surface area contributed by atoms with Gasteiger partial charge in [-0.05, 0) is 17.5 Å². The van der Waals surface area contributed by atoms with E-state index < -0.39 is 0 Å². The third-order valence-corrected chi connectivity index (χ3v) is 2.43. The Hall–Kier alpha value is -1.28. The quantitative estimate of drug-likeness (QED) is 0.760. The Bertz CT molecular complexity index is 316. The van der Waals surface area contributed by atoms with Crippen molar-refractivity contribution in [3.05, 3.63) is 47.7 Å². The molecule has 1 N–H and O–H groups in total. The highest BCUT2D eigenvalue weighted by molar-refractivity contribution is 5.22. The topological polar surface area (TPSA) is 21.3 Å². The molecule has 0 unspecified atom stereocenters. The van der Waals surface area contributed by atoms with Gasteiger partial charge in [0, 0.05) is 19.4 Å². The molecule has 0 amide bonds. The van der Waals surface area contributed by atoms with Gasteiger partial charge in [-0.3, -0.25) is 0 Å². The third-order valence-electron chi connectivity index (χ3n) is 2.43. The van der Waals surface area contributed by atoms with E-state index in [4.69, 9.17) is 4.74 Å². The smallest absolute Gasteiger partial charge is 0.0713 e. The predicted octanol–water partition coefficient (Wildman–Crippen LogP) is 3.24. The summed E-state index contributed by atoms with van der Waals surface area (Å²) < 4.78 is 5.07. The Morgan fingerprint density at radius 1 is 1.25 bits per heavy atom. The van der Waals surface area contributed by atoms with Crippen molar-refractivity contribution in [1.82, 2.24) is 5.32 Å². The van der Waals surface area contributed by atoms with Gasteiger partial charge >= 0.3 is 0 Å². The van der Waals surface area contributed by atoms with Crippen LogP contribution in [-0.4, -0.2) is 7.11 Å². The van der Waals surface area contributed by atoms with Gasteiger partial charge in [-0.25, -0.2) is 0 Å². The molecule has 2 nitrogen and oxygen atoms in total. The fourth-order valence-electron chi connectivity index (χ4n) is 1.54. The van der Waals surface area contributed by atoms with Gasteiger partial charge in [0.2, 0.25) is 0 Å². The lowest BCUT2D eigenvalue weighted by Gasteiger charge is -2.09. The molecule has 0 atom stereocenters. The van der Waals surface area contributed by atoms with E-state index in [0.29, 0.717) is 6.61 Å². The molecule has 0 radical (unpaired) electrons. The highest BCUT2D eigenvalue weighted by atomic mass is 16.5. The molecular formula is C14H21NO. The number of allylic oxidation sites excluding steroid dienone is 1. The summed E-state index contributed by atoms with van der Waals surface area (Å²) in [6, 6.07) is 8.45. The number of methoxy groups -OCH3 is 1. The fourth-order valence-corrected chi connectivity index (χ4v) is 1.54. The van der Waals surface area contributed by atoms with E-state index in [1.165, 1.54) is 11.1 Å². The molecule has 1 aromatic rings. The van der Waals surface area contributed by atoms with Crippen LogP contribution in [0.25, 0.3) is 0 Å². The van der Waals surface area contributed by atoms with Gasteiger partial charge in [0.25, 0.3) is 0 Å². The number of rotatable bonds is 7. The first-order valence-corrected chi connectivity index (χ1v) is 5.74. The Kier molecular flexibility index (Phi) is 5.65. The molecule has 88 valence electrons. The minimum absolute atomic E-state index is 0.677. The Morgan fingerprint density at radius 2 is 1.88 bits per heavy atom. The molecule has 1 aromatic carbocycles. The average molecular weight is 219 g/mol. The van der Waals surface area contributed by atoms with Crippen LogP contribution in [-0.2, 0) is 17.9 Å². The summed E-state index contributed by atoms with van der Waals surface area (Å²) in [5.41, 5.74) is 3.60. The van der Waals surface area contributed by atoms with Crippen LogP contribution in [0.4, 0.5) is 0 Å². The first-order chi connectivity index (χ1) is 7.76. The van der Waals surface area contributed by atoms with Crippen LogP contribution in [0.15, 0.2) is 36.5 Å². The molecule has 0 spiro atoms. The molecule has 0 aliphatic rings. The lowest BCUT2D eigenvalue weighted by Crippen LogP contribution is -2.11. The molecule has 0 aromatic heterocycles.